The number of halogens is 2. The van der Waals surface area contributed by atoms with Crippen LogP contribution in [0.4, 0.5) is 4.39 Å². The smallest absolute Gasteiger partial charge is 0.299 e. The molecule has 1 saturated heterocycles. The van der Waals surface area contributed by atoms with Crippen LogP contribution in [0.1, 0.15) is 69.0 Å². The van der Waals surface area contributed by atoms with Crippen molar-refractivity contribution in [3.8, 4) is 0 Å². The van der Waals surface area contributed by atoms with E-state index >= 15 is 0 Å². The third-order valence-corrected chi connectivity index (χ3v) is 14.2. The Hall–Kier alpha value is -1.75. The van der Waals surface area contributed by atoms with Gasteiger partial charge in [0.25, 0.3) is 6.02 Å². The lowest BCUT2D eigenvalue weighted by molar-refractivity contribution is 0.0759. The first-order chi connectivity index (χ1) is 16.9. The summed E-state index contributed by atoms with van der Waals surface area (Å²) in [7, 11) is -5.89. The van der Waals surface area contributed by atoms with Crippen molar-refractivity contribution < 1.29 is 22.0 Å². The highest BCUT2D eigenvalue weighted by Crippen LogP contribution is 2.40. The summed E-state index contributed by atoms with van der Waals surface area (Å²) in [5.74, 6) is -0.378. The van der Waals surface area contributed by atoms with E-state index in [0.717, 1.165) is 10.0 Å². The molecule has 0 radical (unpaired) electrons. The van der Waals surface area contributed by atoms with E-state index in [0.29, 0.717) is 24.2 Å². The van der Waals surface area contributed by atoms with Gasteiger partial charge in [-0.05, 0) is 86.3 Å². The highest BCUT2D eigenvalue weighted by molar-refractivity contribution is 9.10. The maximum Gasteiger partial charge on any atom is 0.299 e. The van der Waals surface area contributed by atoms with Crippen LogP contribution in [0, 0.1) is 12.7 Å². The molecule has 0 spiro atoms. The second-order valence-corrected chi connectivity index (χ2v) is 19.1. The normalized spacial score (nSPS) is 21.2. The minimum atomic E-state index is -3.88. The number of amidine groups is 1. The maximum atomic E-state index is 14.2. The molecule has 1 N–H and O–H groups in total. The quantitative estimate of drug-likeness (QED) is 0.336. The molecule has 2 atom stereocenters. The van der Waals surface area contributed by atoms with Crippen LogP contribution < -0.4 is 4.72 Å². The number of aryl methyl sites for hydroxylation is 1. The molecule has 1 aliphatic heterocycles. The lowest BCUT2D eigenvalue weighted by Crippen LogP contribution is -2.53. The number of nitrogens with zero attached hydrogens (tertiary/aromatic N) is 1. The van der Waals surface area contributed by atoms with Crippen LogP contribution in [0.5, 0.6) is 0 Å². The molecule has 10 heteroatoms. The summed E-state index contributed by atoms with van der Waals surface area (Å²) in [4.78, 5) is 4.69. The molecule has 1 heterocycles. The van der Waals surface area contributed by atoms with Crippen molar-refractivity contribution in [1.29, 1.82) is 0 Å². The average Bonchev–Trinajstić information content (AvgIpc) is 2.73. The minimum Gasteiger partial charge on any atom is -0.457 e. The first kappa shape index (κ1) is 29.8. The van der Waals surface area contributed by atoms with Crippen molar-refractivity contribution in [2.45, 2.75) is 83.0 Å². The Morgan fingerprint density at radius 2 is 1.81 bits per heavy atom. The fourth-order valence-electron chi connectivity index (χ4n) is 4.19. The van der Waals surface area contributed by atoms with Crippen molar-refractivity contribution in [3.63, 3.8) is 0 Å². The van der Waals surface area contributed by atoms with Gasteiger partial charge in [0.1, 0.15) is 16.7 Å². The zero-order chi connectivity index (χ0) is 27.8. The van der Waals surface area contributed by atoms with Crippen LogP contribution in [-0.4, -0.2) is 35.0 Å². The number of hydrogen-bond acceptors (Lipinski definition) is 5. The Morgan fingerprint density at radius 1 is 1.19 bits per heavy atom. The first-order valence-corrected chi connectivity index (χ1v) is 17.6. The molecule has 1 aliphatic rings. The van der Waals surface area contributed by atoms with Gasteiger partial charge in [-0.15, -0.1) is 0 Å². The van der Waals surface area contributed by atoms with Gasteiger partial charge in [-0.3, -0.25) is 0 Å². The number of benzene rings is 2. The summed E-state index contributed by atoms with van der Waals surface area (Å²) in [6, 6.07) is 11.0. The Kier molecular flexibility index (Phi) is 8.69. The second-order valence-electron chi connectivity index (χ2n) is 11.6. The topological polar surface area (TPSA) is 77.0 Å². The number of sulfonamides is 1. The van der Waals surface area contributed by atoms with Gasteiger partial charge < -0.3 is 9.16 Å². The molecule has 1 unspecified atom stereocenters. The molecule has 1 fully saturated rings. The van der Waals surface area contributed by atoms with Crippen molar-refractivity contribution in [2.75, 3.05) is 6.61 Å². The third kappa shape index (κ3) is 7.02. The lowest BCUT2D eigenvalue weighted by Gasteiger charge is -2.39. The molecule has 6 nitrogen and oxygen atoms in total. The molecule has 2 aromatic rings. The van der Waals surface area contributed by atoms with E-state index in [4.69, 9.17) is 9.16 Å². The third-order valence-electron chi connectivity index (χ3n) is 7.24. The number of ether oxygens (including phenoxy) is 1. The van der Waals surface area contributed by atoms with Gasteiger partial charge in [0.2, 0.25) is 10.0 Å². The van der Waals surface area contributed by atoms with Gasteiger partial charge >= 0.3 is 0 Å². The molecule has 0 bridgehead atoms. The van der Waals surface area contributed by atoms with E-state index < -0.39 is 35.2 Å². The average molecular weight is 614 g/mol. The number of nitrogens with one attached hydrogen (secondary N) is 1. The molecule has 204 valence electrons. The van der Waals surface area contributed by atoms with Crippen LogP contribution >= 0.6 is 15.9 Å². The summed E-state index contributed by atoms with van der Waals surface area (Å²) >= 11 is 3.39. The number of rotatable bonds is 7. The zero-order valence-electron chi connectivity index (χ0n) is 22.9. The van der Waals surface area contributed by atoms with E-state index in [-0.39, 0.29) is 16.9 Å². The SMILES string of the molecule is Cc1ccc(F)cc1[C@H](CCO[Si](C)(C)C(C)(C)C)N=C1NS(=O)(=O)C(c2ccc(Br)cc2)C(C)(C)O1. The summed E-state index contributed by atoms with van der Waals surface area (Å²) in [6.07, 6.45) is 0.446. The minimum absolute atomic E-state index is 0.0390. The van der Waals surface area contributed by atoms with Crippen LogP contribution in [0.25, 0.3) is 0 Å². The van der Waals surface area contributed by atoms with Gasteiger partial charge in [-0.2, -0.15) is 0 Å². The van der Waals surface area contributed by atoms with Crippen LogP contribution in [0.15, 0.2) is 51.9 Å². The lowest BCUT2D eigenvalue weighted by atomic mass is 9.97. The number of aliphatic imine (C=N–C) groups is 1. The van der Waals surface area contributed by atoms with E-state index in [1.165, 1.54) is 12.1 Å². The summed E-state index contributed by atoms with van der Waals surface area (Å²) in [6.45, 7) is 16.6. The fourth-order valence-corrected chi connectivity index (χ4v) is 7.28. The van der Waals surface area contributed by atoms with Crippen molar-refractivity contribution >= 4 is 40.3 Å². The molecular weight excluding hydrogens is 575 g/mol. The summed E-state index contributed by atoms with van der Waals surface area (Å²) in [5.41, 5.74) is 1.03. The van der Waals surface area contributed by atoms with Crippen LogP contribution in [-0.2, 0) is 19.2 Å². The Labute approximate surface area is 230 Å². The van der Waals surface area contributed by atoms with Gasteiger partial charge in [0.05, 0.1) is 6.04 Å². The Balaban J connectivity index is 1.95. The van der Waals surface area contributed by atoms with E-state index in [2.05, 4.69) is 59.5 Å². The Bertz CT molecular complexity index is 1260. The van der Waals surface area contributed by atoms with E-state index in [9.17, 15) is 12.8 Å². The highest BCUT2D eigenvalue weighted by atomic mass is 79.9. The maximum absolute atomic E-state index is 14.2. The largest absolute Gasteiger partial charge is 0.457 e. The van der Waals surface area contributed by atoms with Gasteiger partial charge in [0.15, 0.2) is 8.32 Å². The van der Waals surface area contributed by atoms with Gasteiger partial charge in [0, 0.05) is 11.1 Å². The fraction of sp³-hybridized carbons (Fsp3) is 0.519. The molecule has 0 saturated carbocycles. The number of hydrogen-bond donors (Lipinski definition) is 1. The zero-order valence-corrected chi connectivity index (χ0v) is 26.3. The molecule has 2 aromatic carbocycles. The van der Waals surface area contributed by atoms with E-state index in [1.54, 1.807) is 44.2 Å². The summed E-state index contributed by atoms with van der Waals surface area (Å²) < 4.78 is 57.0. The molecule has 0 aliphatic carbocycles. The summed E-state index contributed by atoms with van der Waals surface area (Å²) in [5, 5.41) is -0.902. The van der Waals surface area contributed by atoms with Gasteiger partial charge in [-0.25, -0.2) is 22.5 Å². The standard InChI is InChI=1S/C27H38BrFN2O4SSi/c1-18-9-14-21(29)17-22(18)23(15-16-34-37(7,8)26(2,3)4)30-25-31-36(32,33)24(27(5,6)35-25)19-10-12-20(28)13-11-19/h9-14,17,23-24H,15-16H2,1-8H3,(H,30,31)/t23-,24?/m0/s1. The Morgan fingerprint density at radius 3 is 2.38 bits per heavy atom. The molecular formula is C27H38BrFN2O4SSi. The predicted molar refractivity (Wildman–Crippen MR) is 153 cm³/mol. The molecule has 0 aromatic heterocycles. The molecule has 37 heavy (non-hydrogen) atoms. The second kappa shape index (κ2) is 10.8. The van der Waals surface area contributed by atoms with Crippen molar-refractivity contribution in [1.82, 2.24) is 4.72 Å². The first-order valence-electron chi connectivity index (χ1n) is 12.4. The van der Waals surface area contributed by atoms with Crippen LogP contribution in [0.2, 0.25) is 18.1 Å². The van der Waals surface area contributed by atoms with Crippen molar-refractivity contribution in [3.05, 3.63) is 69.4 Å². The van der Waals surface area contributed by atoms with Crippen molar-refractivity contribution in [2.24, 2.45) is 4.99 Å². The van der Waals surface area contributed by atoms with Crippen LogP contribution in [0.3, 0.4) is 0 Å². The van der Waals surface area contributed by atoms with E-state index in [1.807, 2.05) is 6.92 Å². The monoisotopic (exact) mass is 612 g/mol. The molecule has 3 rings (SSSR count). The molecule has 0 amide bonds. The predicted octanol–water partition coefficient (Wildman–Crippen LogP) is 7.18. The van der Waals surface area contributed by atoms with Gasteiger partial charge in [-0.1, -0.05) is 54.9 Å². The highest BCUT2D eigenvalue weighted by Gasteiger charge is 2.48.